The van der Waals surface area contributed by atoms with E-state index in [4.69, 9.17) is 4.79 Å². The molecule has 0 aliphatic heterocycles. The average molecular weight is 242 g/mol. The molecule has 0 bridgehead atoms. The summed E-state index contributed by atoms with van der Waals surface area (Å²) >= 11 is 0. The normalized spacial score (nSPS) is 7.19. The summed E-state index contributed by atoms with van der Waals surface area (Å²) in [4.78, 5) is 39.2. The molecule has 7 nitrogen and oxygen atoms in total. The third kappa shape index (κ3) is 15.6. The first-order chi connectivity index (χ1) is 6.91. The van der Waals surface area contributed by atoms with Crippen molar-refractivity contribution in [1.29, 1.82) is 0 Å². The first-order valence-electron chi connectivity index (χ1n) is 3.72. The van der Waals surface area contributed by atoms with Crippen molar-refractivity contribution in [2.75, 3.05) is 0 Å². The van der Waals surface area contributed by atoms with E-state index in [2.05, 4.69) is 14.0 Å². The molecule has 0 saturated heterocycles. The summed E-state index contributed by atoms with van der Waals surface area (Å²) in [6.45, 7) is 5.29. The van der Waals surface area contributed by atoms with Crippen LogP contribution in [0.25, 0.3) is 0 Å². The maximum absolute atomic E-state index is 10.4. The molecular weight excluding hydrogens is 230 g/mol. The zero-order valence-electron chi connectivity index (χ0n) is 8.64. The molecule has 0 amide bonds. The van der Waals surface area contributed by atoms with Gasteiger partial charge >= 0.3 is 36.9 Å². The van der Waals surface area contributed by atoms with Crippen LogP contribution in [0.4, 0.5) is 0 Å². The van der Waals surface area contributed by atoms with E-state index in [0.717, 1.165) is 20.8 Å². The zero-order valence-corrected chi connectivity index (χ0v) is 8.64. The van der Waals surface area contributed by atoms with E-state index in [1.54, 1.807) is 0 Å². The van der Waals surface area contributed by atoms with Crippen LogP contribution in [0.5, 0.6) is 0 Å². The van der Waals surface area contributed by atoms with Gasteiger partial charge in [-0.15, -0.1) is 0 Å². The molecule has 0 N–H and O–H groups in total. The number of carbonyl (C=O) groups is 4. The Balaban J connectivity index is -0.000000529. The van der Waals surface area contributed by atoms with Gasteiger partial charge in [0.15, 0.2) is 0 Å². The monoisotopic (exact) mass is 242 g/mol. The van der Waals surface area contributed by atoms with Crippen LogP contribution in [0.15, 0.2) is 0 Å². The van der Waals surface area contributed by atoms with Crippen molar-refractivity contribution in [3.8, 4) is 0 Å². The topological polar surface area (TPSA) is 96.0 Å². The molecule has 0 aromatic rings. The molecule has 0 unspecified atom stereocenters. The number of carbonyl (C=O) groups excluding carboxylic acids is 4. The summed E-state index contributed by atoms with van der Waals surface area (Å²) in [6.07, 6.45) is 0. The summed E-state index contributed by atoms with van der Waals surface area (Å²) in [6, 6.07) is 0. The van der Waals surface area contributed by atoms with E-state index in [9.17, 15) is 14.4 Å². The third-order valence-corrected chi connectivity index (χ3v) is 0.787. The van der Waals surface area contributed by atoms with Crippen LogP contribution in [0, 0.1) is 0 Å². The summed E-state index contributed by atoms with van der Waals surface area (Å²) in [7, 11) is -1.59. The van der Waals surface area contributed by atoms with E-state index in [1.807, 2.05) is 6.79 Å². The van der Waals surface area contributed by atoms with E-state index in [-0.39, 0.29) is 29.6 Å². The fraction of sp³-hybridized carbons (Fsp3) is 0.429. The van der Waals surface area contributed by atoms with E-state index in [0.29, 0.717) is 0 Å². The summed E-state index contributed by atoms with van der Waals surface area (Å²) in [5, 5.41) is 0. The molecule has 0 rings (SSSR count). The zero-order chi connectivity index (χ0) is 12.4. The van der Waals surface area contributed by atoms with Crippen LogP contribution in [0.1, 0.15) is 20.8 Å². The summed E-state index contributed by atoms with van der Waals surface area (Å²) < 4.78 is 13.0. The van der Waals surface area contributed by atoms with Gasteiger partial charge in [0.25, 0.3) is 17.9 Å². The van der Waals surface area contributed by atoms with Gasteiger partial charge in [-0.25, -0.2) is 0 Å². The van der Waals surface area contributed by atoms with Crippen molar-refractivity contribution >= 4 is 61.6 Å². The van der Waals surface area contributed by atoms with Crippen molar-refractivity contribution in [2.24, 2.45) is 0 Å². The van der Waals surface area contributed by atoms with Crippen molar-refractivity contribution < 1.29 is 33.1 Å². The minimum atomic E-state index is -1.59. The molecule has 9 heteroatoms. The number of hydrogen-bond acceptors (Lipinski definition) is 7. The molecule has 0 spiro atoms. The van der Waals surface area contributed by atoms with Crippen LogP contribution in [0.2, 0.25) is 0 Å². The predicted octanol–water partition coefficient (Wildman–Crippen LogP) is -1.17. The van der Waals surface area contributed by atoms with Gasteiger partial charge in [0.2, 0.25) is 0 Å². The molecule has 0 atom stereocenters. The Morgan fingerprint density at radius 3 is 1.12 bits per heavy atom. The molecule has 0 aromatic heterocycles. The van der Waals surface area contributed by atoms with Gasteiger partial charge in [0.1, 0.15) is 6.79 Å². The van der Waals surface area contributed by atoms with Crippen LogP contribution in [0.3, 0.4) is 0 Å². The van der Waals surface area contributed by atoms with E-state index >= 15 is 0 Å². The van der Waals surface area contributed by atoms with Crippen LogP contribution < -0.4 is 0 Å². The standard InChI is InChI=1S/C6H9BO6.CH2O.Na.H/c1-4(8)11-7(12-5(2)9)13-6(3)10;1-2;;/h1-3H3;1H2;;. The average Bonchev–Trinajstić information content (AvgIpc) is 2.03. The Hall–Kier alpha value is -0.855. The minimum absolute atomic E-state index is 0. The molecule has 0 aliphatic rings. The molecule has 0 radical (unpaired) electrons. The van der Waals surface area contributed by atoms with Crippen LogP contribution >= 0.6 is 0 Å². The van der Waals surface area contributed by atoms with Gasteiger partial charge < -0.3 is 18.8 Å². The molecule has 0 heterocycles. The second-order valence-corrected chi connectivity index (χ2v) is 2.12. The molecule has 16 heavy (non-hydrogen) atoms. The Kier molecular flexibility index (Phi) is 15.7. The SMILES string of the molecule is C=O.CC(=O)OB(OC(C)=O)OC(C)=O.[NaH]. The second-order valence-electron chi connectivity index (χ2n) is 2.12. The number of rotatable bonds is 3. The van der Waals surface area contributed by atoms with Gasteiger partial charge in [-0.05, 0) is 0 Å². The third-order valence-electron chi connectivity index (χ3n) is 0.787. The van der Waals surface area contributed by atoms with E-state index in [1.165, 1.54) is 0 Å². The fourth-order valence-corrected chi connectivity index (χ4v) is 0.479. The van der Waals surface area contributed by atoms with E-state index < -0.39 is 25.2 Å². The van der Waals surface area contributed by atoms with Crippen molar-refractivity contribution in [1.82, 2.24) is 0 Å². The van der Waals surface area contributed by atoms with Crippen molar-refractivity contribution in [3.05, 3.63) is 0 Å². The van der Waals surface area contributed by atoms with Gasteiger partial charge in [0, 0.05) is 20.8 Å². The Morgan fingerprint density at radius 2 is 1.00 bits per heavy atom. The second kappa shape index (κ2) is 12.2. The molecular formula is C7H12BNaO7. The molecule has 86 valence electrons. The predicted molar refractivity (Wildman–Crippen MR) is 55.3 cm³/mol. The molecule has 0 saturated carbocycles. The van der Waals surface area contributed by atoms with Crippen LogP contribution in [-0.4, -0.2) is 61.6 Å². The van der Waals surface area contributed by atoms with Gasteiger partial charge in [0.05, 0.1) is 0 Å². The number of hydrogen-bond donors (Lipinski definition) is 0. The Morgan fingerprint density at radius 1 is 0.812 bits per heavy atom. The molecule has 0 aromatic carbocycles. The summed E-state index contributed by atoms with van der Waals surface area (Å²) in [5.41, 5.74) is 0. The maximum atomic E-state index is 10.4. The summed E-state index contributed by atoms with van der Waals surface area (Å²) in [5.74, 6) is -2.15. The first-order valence-corrected chi connectivity index (χ1v) is 3.72. The fourth-order valence-electron chi connectivity index (χ4n) is 0.479. The van der Waals surface area contributed by atoms with Crippen LogP contribution in [-0.2, 0) is 33.1 Å². The van der Waals surface area contributed by atoms with Crippen molar-refractivity contribution in [2.45, 2.75) is 20.8 Å². The van der Waals surface area contributed by atoms with Gasteiger partial charge in [-0.2, -0.15) is 0 Å². The Labute approximate surface area is 115 Å². The Bertz CT molecular complexity index is 207. The van der Waals surface area contributed by atoms with Crippen molar-refractivity contribution in [3.63, 3.8) is 0 Å². The molecule has 0 aliphatic carbocycles. The first kappa shape index (κ1) is 20.5. The van der Waals surface area contributed by atoms with Gasteiger partial charge in [-0.1, -0.05) is 0 Å². The molecule has 0 fully saturated rings. The quantitative estimate of drug-likeness (QED) is 0.575. The van der Waals surface area contributed by atoms with Gasteiger partial charge in [-0.3, -0.25) is 14.4 Å².